The van der Waals surface area contributed by atoms with Gasteiger partial charge in [-0.25, -0.2) is 0 Å². The van der Waals surface area contributed by atoms with Gasteiger partial charge in [0.15, 0.2) is 0 Å². The Morgan fingerprint density at radius 3 is 2.41 bits per heavy atom. The molecular formula is C10H11N3O3S. The second kappa shape index (κ2) is 4.10. The van der Waals surface area contributed by atoms with E-state index in [1.54, 1.807) is 30.5 Å². The Labute approximate surface area is 98.5 Å². The zero-order valence-corrected chi connectivity index (χ0v) is 9.86. The predicted octanol–water partition coefficient (Wildman–Crippen LogP) is 0.997. The fraction of sp³-hybridized carbons (Fsp3) is 0.100. The van der Waals surface area contributed by atoms with Crippen LogP contribution in [0.25, 0.3) is 11.1 Å². The van der Waals surface area contributed by atoms with Crippen LogP contribution >= 0.6 is 0 Å². The Bertz CT molecular complexity index is 617. The van der Waals surface area contributed by atoms with Crippen molar-refractivity contribution in [3.8, 4) is 16.9 Å². The second-order valence-electron chi connectivity index (χ2n) is 3.51. The van der Waals surface area contributed by atoms with Crippen LogP contribution in [0.4, 0.5) is 5.82 Å². The van der Waals surface area contributed by atoms with Crippen molar-refractivity contribution in [2.24, 2.45) is 0 Å². The third kappa shape index (κ3) is 2.76. The molecule has 2 rings (SSSR count). The van der Waals surface area contributed by atoms with E-state index in [1.165, 1.54) is 0 Å². The maximum absolute atomic E-state index is 10.9. The number of aromatic nitrogens is 2. The highest BCUT2D eigenvalue weighted by Crippen LogP contribution is 2.25. The molecule has 7 heteroatoms. The smallest absolute Gasteiger partial charge is 0.306 e. The molecule has 0 radical (unpaired) electrons. The molecule has 0 atom stereocenters. The Morgan fingerprint density at radius 2 is 1.94 bits per heavy atom. The summed E-state index contributed by atoms with van der Waals surface area (Å²) in [6.45, 7) is 0. The minimum atomic E-state index is -3.50. The van der Waals surface area contributed by atoms with Gasteiger partial charge in [-0.3, -0.25) is 5.10 Å². The van der Waals surface area contributed by atoms with Gasteiger partial charge in [-0.1, -0.05) is 12.1 Å². The molecule has 6 nitrogen and oxygen atoms in total. The van der Waals surface area contributed by atoms with E-state index >= 15 is 0 Å². The van der Waals surface area contributed by atoms with Crippen molar-refractivity contribution < 1.29 is 12.6 Å². The maximum Gasteiger partial charge on any atom is 0.306 e. The fourth-order valence-electron chi connectivity index (χ4n) is 1.39. The van der Waals surface area contributed by atoms with Crippen molar-refractivity contribution in [3.05, 3.63) is 30.5 Å². The first-order valence-corrected chi connectivity index (χ1v) is 6.56. The van der Waals surface area contributed by atoms with E-state index in [1.807, 2.05) is 0 Å². The Hall–Kier alpha value is -2.02. The van der Waals surface area contributed by atoms with Crippen molar-refractivity contribution in [2.45, 2.75) is 0 Å². The molecule has 1 aromatic heterocycles. The van der Waals surface area contributed by atoms with Crippen molar-refractivity contribution >= 4 is 15.9 Å². The van der Waals surface area contributed by atoms with Crippen molar-refractivity contribution in [1.29, 1.82) is 0 Å². The summed E-state index contributed by atoms with van der Waals surface area (Å²) in [7, 11) is -3.50. The second-order valence-corrected chi connectivity index (χ2v) is 5.08. The van der Waals surface area contributed by atoms with Gasteiger partial charge in [0.1, 0.15) is 11.6 Å². The molecule has 0 fully saturated rings. The van der Waals surface area contributed by atoms with E-state index < -0.39 is 10.1 Å². The summed E-state index contributed by atoms with van der Waals surface area (Å²) in [6, 6.07) is 6.54. The molecule has 0 bridgehead atoms. The lowest BCUT2D eigenvalue weighted by atomic mass is 10.1. The summed E-state index contributed by atoms with van der Waals surface area (Å²) in [6.07, 6.45) is 2.59. The maximum atomic E-state index is 10.9. The van der Waals surface area contributed by atoms with E-state index in [9.17, 15) is 8.42 Å². The molecule has 1 heterocycles. The molecule has 2 aromatic rings. The molecule has 0 aliphatic heterocycles. The SMILES string of the molecule is CS(=O)(=O)Oc1ccc(-c2cn[nH]c2N)cc1. The summed E-state index contributed by atoms with van der Waals surface area (Å²) < 4.78 is 26.5. The summed E-state index contributed by atoms with van der Waals surface area (Å²) in [5.41, 5.74) is 7.26. The van der Waals surface area contributed by atoms with Crippen LogP contribution in [0.5, 0.6) is 5.75 Å². The summed E-state index contributed by atoms with van der Waals surface area (Å²) >= 11 is 0. The van der Waals surface area contributed by atoms with Gasteiger partial charge in [0.05, 0.1) is 12.5 Å². The van der Waals surface area contributed by atoms with E-state index in [4.69, 9.17) is 9.92 Å². The third-order valence-electron chi connectivity index (χ3n) is 2.08. The zero-order chi connectivity index (χ0) is 12.5. The summed E-state index contributed by atoms with van der Waals surface area (Å²) in [4.78, 5) is 0. The molecule has 3 N–H and O–H groups in total. The van der Waals surface area contributed by atoms with E-state index in [2.05, 4.69) is 10.2 Å². The minimum Gasteiger partial charge on any atom is -0.384 e. The van der Waals surface area contributed by atoms with Crippen molar-refractivity contribution in [1.82, 2.24) is 10.2 Å². The number of hydrogen-bond acceptors (Lipinski definition) is 5. The Kier molecular flexibility index (Phi) is 2.76. The lowest BCUT2D eigenvalue weighted by Gasteiger charge is -2.04. The third-order valence-corrected chi connectivity index (χ3v) is 2.58. The fourth-order valence-corrected chi connectivity index (χ4v) is 1.85. The predicted molar refractivity (Wildman–Crippen MR) is 63.9 cm³/mol. The Morgan fingerprint density at radius 1 is 1.29 bits per heavy atom. The molecule has 1 aromatic carbocycles. The standard InChI is InChI=1S/C10H11N3O3S/c1-17(14,15)16-8-4-2-7(3-5-8)9-6-12-13-10(9)11/h2-6H,1H3,(H3,11,12,13). The van der Waals surface area contributed by atoms with Crippen LogP contribution in [0.3, 0.4) is 0 Å². The average molecular weight is 253 g/mol. The van der Waals surface area contributed by atoms with Gasteiger partial charge in [-0.2, -0.15) is 13.5 Å². The molecular weight excluding hydrogens is 242 g/mol. The lowest BCUT2D eigenvalue weighted by Crippen LogP contribution is -2.05. The number of nitrogens with two attached hydrogens (primary N) is 1. The largest absolute Gasteiger partial charge is 0.384 e. The van der Waals surface area contributed by atoms with Gasteiger partial charge in [0.25, 0.3) is 0 Å². The molecule has 17 heavy (non-hydrogen) atoms. The summed E-state index contributed by atoms with van der Waals surface area (Å²) in [5.74, 6) is 0.722. The van der Waals surface area contributed by atoms with Crippen molar-refractivity contribution in [2.75, 3.05) is 12.0 Å². The first-order valence-electron chi connectivity index (χ1n) is 4.74. The van der Waals surface area contributed by atoms with Crippen LogP contribution in [-0.4, -0.2) is 24.9 Å². The van der Waals surface area contributed by atoms with Crippen LogP contribution in [0.1, 0.15) is 0 Å². The zero-order valence-electron chi connectivity index (χ0n) is 9.04. The average Bonchev–Trinajstić information content (AvgIpc) is 2.63. The molecule has 0 saturated carbocycles. The van der Waals surface area contributed by atoms with Gasteiger partial charge in [-0.05, 0) is 17.7 Å². The molecule has 0 unspecified atom stereocenters. The van der Waals surface area contributed by atoms with E-state index in [0.29, 0.717) is 5.82 Å². The normalized spacial score (nSPS) is 11.4. The molecule has 0 spiro atoms. The first-order chi connectivity index (χ1) is 7.96. The minimum absolute atomic E-state index is 0.262. The number of aromatic amines is 1. The molecule has 0 saturated heterocycles. The van der Waals surface area contributed by atoms with Gasteiger partial charge >= 0.3 is 10.1 Å². The number of nitrogen functional groups attached to an aromatic ring is 1. The molecule has 0 aliphatic carbocycles. The van der Waals surface area contributed by atoms with Crippen LogP contribution < -0.4 is 9.92 Å². The van der Waals surface area contributed by atoms with Crippen LogP contribution in [0, 0.1) is 0 Å². The van der Waals surface area contributed by atoms with Gasteiger partial charge < -0.3 is 9.92 Å². The highest BCUT2D eigenvalue weighted by atomic mass is 32.2. The van der Waals surface area contributed by atoms with E-state index in [-0.39, 0.29) is 5.75 Å². The van der Waals surface area contributed by atoms with E-state index in [0.717, 1.165) is 17.4 Å². The van der Waals surface area contributed by atoms with Gasteiger partial charge in [-0.15, -0.1) is 0 Å². The number of benzene rings is 1. The molecule has 0 aliphatic rings. The van der Waals surface area contributed by atoms with Crippen LogP contribution in [0.15, 0.2) is 30.5 Å². The highest BCUT2D eigenvalue weighted by molar-refractivity contribution is 7.86. The molecule has 0 amide bonds. The number of H-pyrrole nitrogens is 1. The molecule has 90 valence electrons. The number of nitrogens with one attached hydrogen (secondary N) is 1. The number of nitrogens with zero attached hydrogens (tertiary/aromatic N) is 1. The number of anilines is 1. The quantitative estimate of drug-likeness (QED) is 0.795. The van der Waals surface area contributed by atoms with Crippen LogP contribution in [-0.2, 0) is 10.1 Å². The lowest BCUT2D eigenvalue weighted by molar-refractivity contribution is 0.493. The highest BCUT2D eigenvalue weighted by Gasteiger charge is 2.07. The topological polar surface area (TPSA) is 98.1 Å². The summed E-state index contributed by atoms with van der Waals surface area (Å²) in [5, 5.41) is 6.42. The van der Waals surface area contributed by atoms with Gasteiger partial charge in [0.2, 0.25) is 0 Å². The Balaban J connectivity index is 2.28. The van der Waals surface area contributed by atoms with Crippen molar-refractivity contribution in [3.63, 3.8) is 0 Å². The monoisotopic (exact) mass is 253 g/mol. The number of rotatable bonds is 3. The van der Waals surface area contributed by atoms with Gasteiger partial charge in [0, 0.05) is 5.56 Å². The number of hydrogen-bond donors (Lipinski definition) is 2. The van der Waals surface area contributed by atoms with Crippen LogP contribution in [0.2, 0.25) is 0 Å². The first kappa shape index (κ1) is 11.5.